The van der Waals surface area contributed by atoms with Crippen molar-refractivity contribution in [3.63, 3.8) is 0 Å². The van der Waals surface area contributed by atoms with E-state index in [9.17, 15) is 9.59 Å². The van der Waals surface area contributed by atoms with Gasteiger partial charge in [0.15, 0.2) is 0 Å². The molecule has 1 saturated heterocycles. The molecule has 1 atom stereocenters. The van der Waals surface area contributed by atoms with E-state index in [1.165, 1.54) is 0 Å². The minimum absolute atomic E-state index is 0.0154. The lowest BCUT2D eigenvalue weighted by atomic mass is 10.2. The molecule has 1 aliphatic rings. The zero-order valence-electron chi connectivity index (χ0n) is 15.9. The van der Waals surface area contributed by atoms with Crippen molar-refractivity contribution in [1.29, 1.82) is 0 Å². The van der Waals surface area contributed by atoms with Crippen LogP contribution in [0.3, 0.4) is 0 Å². The first-order chi connectivity index (χ1) is 13.7. The number of ether oxygens (including phenoxy) is 2. The fourth-order valence-electron chi connectivity index (χ4n) is 2.98. The number of nitrogens with one attached hydrogen (secondary N) is 3. The quantitative estimate of drug-likeness (QED) is 0.608. The number of rotatable bonds is 8. The summed E-state index contributed by atoms with van der Waals surface area (Å²) in [5.41, 5.74) is 1.17. The van der Waals surface area contributed by atoms with Gasteiger partial charge in [0.25, 0.3) is 5.91 Å². The molecule has 3 N–H and O–H groups in total. The number of carbonyl (C=O) groups is 2. The average molecular weight is 383 g/mol. The van der Waals surface area contributed by atoms with Crippen molar-refractivity contribution in [3.05, 3.63) is 54.1 Å². The van der Waals surface area contributed by atoms with Crippen LogP contribution >= 0.6 is 0 Å². The van der Waals surface area contributed by atoms with Gasteiger partial charge in [-0.15, -0.1) is 0 Å². The first-order valence-corrected chi connectivity index (χ1v) is 9.35. The molecule has 1 aliphatic heterocycles. The SMILES string of the molecule is COc1ccc(C(=O)Nc2cccc(OCCNC(=O)C3CCCN3)c2)cc1. The van der Waals surface area contributed by atoms with E-state index in [0.717, 1.165) is 19.4 Å². The fraction of sp³-hybridized carbons (Fsp3) is 0.333. The van der Waals surface area contributed by atoms with Crippen molar-refractivity contribution in [3.8, 4) is 11.5 Å². The summed E-state index contributed by atoms with van der Waals surface area (Å²) in [5, 5.41) is 8.87. The molecule has 3 rings (SSSR count). The van der Waals surface area contributed by atoms with Crippen LogP contribution in [0.4, 0.5) is 5.69 Å². The predicted molar refractivity (Wildman–Crippen MR) is 107 cm³/mol. The van der Waals surface area contributed by atoms with E-state index in [1.807, 2.05) is 6.07 Å². The summed E-state index contributed by atoms with van der Waals surface area (Å²) in [4.78, 5) is 24.3. The lowest BCUT2D eigenvalue weighted by molar-refractivity contribution is -0.122. The predicted octanol–water partition coefficient (Wildman–Crippen LogP) is 2.19. The van der Waals surface area contributed by atoms with Crippen LogP contribution in [0.1, 0.15) is 23.2 Å². The summed E-state index contributed by atoms with van der Waals surface area (Å²) in [6.07, 6.45) is 1.91. The van der Waals surface area contributed by atoms with Crippen LogP contribution in [0.15, 0.2) is 48.5 Å². The minimum Gasteiger partial charge on any atom is -0.497 e. The second kappa shape index (κ2) is 9.75. The van der Waals surface area contributed by atoms with Crippen LogP contribution in [-0.2, 0) is 4.79 Å². The molecule has 0 aliphatic carbocycles. The first kappa shape index (κ1) is 19.7. The van der Waals surface area contributed by atoms with Crippen LogP contribution < -0.4 is 25.4 Å². The first-order valence-electron chi connectivity index (χ1n) is 9.35. The molecule has 28 heavy (non-hydrogen) atoms. The Kier molecular flexibility index (Phi) is 6.86. The number of hydrogen-bond acceptors (Lipinski definition) is 5. The smallest absolute Gasteiger partial charge is 0.255 e. The third-order valence-corrected chi connectivity index (χ3v) is 4.49. The second-order valence-corrected chi connectivity index (χ2v) is 6.50. The number of methoxy groups -OCH3 is 1. The molecule has 1 unspecified atom stereocenters. The number of carbonyl (C=O) groups excluding carboxylic acids is 2. The highest BCUT2D eigenvalue weighted by Crippen LogP contribution is 2.19. The van der Waals surface area contributed by atoms with Gasteiger partial charge in [0.05, 0.1) is 19.7 Å². The van der Waals surface area contributed by atoms with Crippen molar-refractivity contribution in [2.75, 3.05) is 32.1 Å². The molecular weight excluding hydrogens is 358 g/mol. The highest BCUT2D eigenvalue weighted by Gasteiger charge is 2.21. The summed E-state index contributed by atoms with van der Waals surface area (Å²) in [7, 11) is 1.58. The molecule has 0 bridgehead atoms. The third kappa shape index (κ3) is 5.47. The lowest BCUT2D eigenvalue weighted by Gasteiger charge is -2.12. The molecule has 0 radical (unpaired) electrons. The van der Waals surface area contributed by atoms with Gasteiger partial charge in [-0.3, -0.25) is 9.59 Å². The van der Waals surface area contributed by atoms with Gasteiger partial charge in [-0.1, -0.05) is 6.07 Å². The van der Waals surface area contributed by atoms with E-state index in [2.05, 4.69) is 16.0 Å². The maximum atomic E-state index is 12.3. The summed E-state index contributed by atoms with van der Waals surface area (Å²) in [6, 6.07) is 14.0. The van der Waals surface area contributed by atoms with Gasteiger partial charge in [-0.25, -0.2) is 0 Å². The van der Waals surface area contributed by atoms with Crippen LogP contribution in [-0.4, -0.2) is 44.7 Å². The summed E-state index contributed by atoms with van der Waals surface area (Å²) < 4.78 is 10.8. The molecule has 2 aromatic rings. The minimum atomic E-state index is -0.212. The third-order valence-electron chi connectivity index (χ3n) is 4.49. The van der Waals surface area contributed by atoms with Crippen molar-refractivity contribution >= 4 is 17.5 Å². The molecule has 2 amide bonds. The summed E-state index contributed by atoms with van der Waals surface area (Å²) >= 11 is 0. The van der Waals surface area contributed by atoms with E-state index in [-0.39, 0.29) is 17.9 Å². The van der Waals surface area contributed by atoms with E-state index in [0.29, 0.717) is 35.9 Å². The van der Waals surface area contributed by atoms with Crippen LogP contribution in [0.2, 0.25) is 0 Å². The molecule has 1 heterocycles. The maximum absolute atomic E-state index is 12.3. The molecule has 1 fully saturated rings. The highest BCUT2D eigenvalue weighted by atomic mass is 16.5. The number of benzene rings is 2. The lowest BCUT2D eigenvalue weighted by Crippen LogP contribution is -2.41. The fourth-order valence-corrected chi connectivity index (χ4v) is 2.98. The van der Waals surface area contributed by atoms with E-state index < -0.39 is 0 Å². The standard InChI is InChI=1S/C21H25N3O4/c1-27-17-9-7-15(8-10-17)20(25)24-16-4-2-5-18(14-16)28-13-12-23-21(26)19-6-3-11-22-19/h2,4-5,7-10,14,19,22H,3,6,11-13H2,1H3,(H,23,26)(H,24,25). The van der Waals surface area contributed by atoms with E-state index in [1.54, 1.807) is 49.6 Å². The molecule has 148 valence electrons. The number of anilines is 1. The van der Waals surface area contributed by atoms with Crippen molar-refractivity contribution in [1.82, 2.24) is 10.6 Å². The van der Waals surface area contributed by atoms with Crippen LogP contribution in [0.25, 0.3) is 0 Å². The molecule has 7 nitrogen and oxygen atoms in total. The maximum Gasteiger partial charge on any atom is 0.255 e. The van der Waals surface area contributed by atoms with Crippen molar-refractivity contribution < 1.29 is 19.1 Å². The summed E-state index contributed by atoms with van der Waals surface area (Å²) in [6.45, 7) is 1.68. The van der Waals surface area contributed by atoms with Gasteiger partial charge in [-0.2, -0.15) is 0 Å². The number of amides is 2. The summed E-state index contributed by atoms with van der Waals surface area (Å²) in [5.74, 6) is 1.13. The van der Waals surface area contributed by atoms with E-state index >= 15 is 0 Å². The Morgan fingerprint density at radius 3 is 2.68 bits per heavy atom. The Bertz CT molecular complexity index is 802. The van der Waals surface area contributed by atoms with Gasteiger partial charge in [0, 0.05) is 17.3 Å². The van der Waals surface area contributed by atoms with Gasteiger partial charge >= 0.3 is 0 Å². The van der Waals surface area contributed by atoms with E-state index in [4.69, 9.17) is 9.47 Å². The molecular formula is C21H25N3O4. The van der Waals surface area contributed by atoms with Crippen molar-refractivity contribution in [2.45, 2.75) is 18.9 Å². The Morgan fingerprint density at radius 1 is 1.14 bits per heavy atom. The Labute approximate surface area is 164 Å². The monoisotopic (exact) mass is 383 g/mol. The van der Waals surface area contributed by atoms with Crippen LogP contribution in [0, 0.1) is 0 Å². The molecule has 7 heteroatoms. The molecule has 2 aromatic carbocycles. The second-order valence-electron chi connectivity index (χ2n) is 6.50. The Balaban J connectivity index is 1.46. The Morgan fingerprint density at radius 2 is 1.96 bits per heavy atom. The topological polar surface area (TPSA) is 88.7 Å². The van der Waals surface area contributed by atoms with Gasteiger partial charge in [0.1, 0.15) is 18.1 Å². The normalized spacial score (nSPS) is 15.7. The molecule has 0 saturated carbocycles. The zero-order chi connectivity index (χ0) is 19.8. The number of hydrogen-bond donors (Lipinski definition) is 3. The van der Waals surface area contributed by atoms with Crippen molar-refractivity contribution in [2.24, 2.45) is 0 Å². The molecule has 0 spiro atoms. The highest BCUT2D eigenvalue weighted by molar-refractivity contribution is 6.04. The Hall–Kier alpha value is -3.06. The molecule has 0 aromatic heterocycles. The average Bonchev–Trinajstić information content (AvgIpc) is 3.26. The van der Waals surface area contributed by atoms with Gasteiger partial charge in [0.2, 0.25) is 5.91 Å². The van der Waals surface area contributed by atoms with Gasteiger partial charge in [-0.05, 0) is 55.8 Å². The largest absolute Gasteiger partial charge is 0.497 e. The zero-order valence-corrected chi connectivity index (χ0v) is 15.9. The van der Waals surface area contributed by atoms with Gasteiger partial charge < -0.3 is 25.4 Å². The van der Waals surface area contributed by atoms with Crippen LogP contribution in [0.5, 0.6) is 11.5 Å².